The molecule has 0 N–H and O–H groups in total. The van der Waals surface area contributed by atoms with E-state index in [2.05, 4.69) is 0 Å². The van der Waals surface area contributed by atoms with Gasteiger partial charge in [0.05, 0.1) is 31.6 Å². The summed E-state index contributed by atoms with van der Waals surface area (Å²) in [5.41, 5.74) is 0. The van der Waals surface area contributed by atoms with Gasteiger partial charge >= 0.3 is 8.80 Å². The van der Waals surface area contributed by atoms with E-state index in [0.717, 1.165) is 0 Å². The van der Waals surface area contributed by atoms with E-state index in [-0.39, 0.29) is 12.2 Å². The second-order valence-electron chi connectivity index (χ2n) is 4.52. The van der Waals surface area contributed by atoms with Crippen LogP contribution in [-0.4, -0.2) is 66.5 Å². The average molecular weight is 249 g/mol. The second kappa shape index (κ2) is 6.09. The van der Waals surface area contributed by atoms with Crippen LogP contribution < -0.4 is 0 Å². The molecule has 0 aromatic heterocycles. The normalized spacial score (nSPS) is 37.1. The lowest BCUT2D eigenvalue weighted by Crippen LogP contribution is -2.58. The van der Waals surface area contributed by atoms with E-state index >= 15 is 0 Å². The van der Waals surface area contributed by atoms with Gasteiger partial charge in [-0.3, -0.25) is 0 Å². The molecule has 1 heterocycles. The van der Waals surface area contributed by atoms with Gasteiger partial charge in [0.1, 0.15) is 0 Å². The molecule has 0 aromatic carbocycles. The third-order valence-corrected chi connectivity index (χ3v) is 5.45. The highest BCUT2D eigenvalue weighted by molar-refractivity contribution is 6.61. The fraction of sp³-hybridized carbons (Fsp3) is 1.00. The maximum Gasteiger partial charge on any atom is 0.516 e. The molecule has 0 saturated carbocycles. The molecule has 0 aromatic rings. The molecule has 1 aliphatic rings. The van der Waals surface area contributed by atoms with E-state index in [1.54, 1.807) is 7.11 Å². The molecule has 0 spiro atoms. The van der Waals surface area contributed by atoms with Crippen molar-refractivity contribution in [2.45, 2.75) is 26.1 Å². The Kier molecular flexibility index (Phi) is 5.36. The predicted molar refractivity (Wildman–Crippen MR) is 63.2 cm³/mol. The lowest BCUT2D eigenvalue weighted by atomic mass is 10.4. The minimum Gasteiger partial charge on any atom is -0.376 e. The lowest BCUT2D eigenvalue weighted by molar-refractivity contribution is -0.0703. The Morgan fingerprint density at radius 3 is 2.06 bits per heavy atom. The van der Waals surface area contributed by atoms with Crippen LogP contribution in [0.2, 0.25) is 0 Å². The Labute approximate surface area is 99.0 Å². The van der Waals surface area contributed by atoms with Crippen molar-refractivity contribution in [2.75, 3.05) is 40.6 Å². The molecule has 2 atom stereocenters. The summed E-state index contributed by atoms with van der Waals surface area (Å²) in [6.45, 7) is 5.16. The summed E-state index contributed by atoms with van der Waals surface area (Å²) in [6.07, 6.45) is 0.719. The van der Waals surface area contributed by atoms with Crippen molar-refractivity contribution in [2.24, 2.45) is 0 Å². The zero-order valence-corrected chi connectivity index (χ0v) is 11.9. The Bertz CT molecular complexity index is 203. The Morgan fingerprint density at radius 2 is 1.69 bits per heavy atom. The van der Waals surface area contributed by atoms with Crippen LogP contribution >= 0.6 is 0 Å². The molecule has 1 saturated heterocycles. The molecule has 0 amide bonds. The molecule has 16 heavy (non-hydrogen) atoms. The van der Waals surface area contributed by atoms with Crippen LogP contribution in [0.25, 0.3) is 0 Å². The zero-order chi connectivity index (χ0) is 12.2. The monoisotopic (exact) mass is 249 g/mol. The maximum absolute atomic E-state index is 5.94. The van der Waals surface area contributed by atoms with Gasteiger partial charge < -0.3 is 22.9 Å². The first-order valence-electron chi connectivity index (χ1n) is 5.60. The highest BCUT2D eigenvalue weighted by Gasteiger charge is 2.45. The second-order valence-corrected chi connectivity index (χ2v) is 7.08. The SMILES string of the molecule is CO[Si]1(CN(C)C)OC(C)COCC(C)O1. The molecular formula is C10H23NO4Si. The molecule has 0 bridgehead atoms. The van der Waals surface area contributed by atoms with Gasteiger partial charge in [-0.15, -0.1) is 0 Å². The van der Waals surface area contributed by atoms with Crippen LogP contribution in [0, 0.1) is 0 Å². The minimum absolute atomic E-state index is 0.0130. The Balaban J connectivity index is 2.74. The summed E-state index contributed by atoms with van der Waals surface area (Å²) in [4.78, 5) is 2.04. The van der Waals surface area contributed by atoms with Crippen molar-refractivity contribution in [1.29, 1.82) is 0 Å². The fourth-order valence-electron chi connectivity index (χ4n) is 1.73. The van der Waals surface area contributed by atoms with E-state index in [4.69, 9.17) is 18.0 Å². The number of rotatable bonds is 3. The third-order valence-electron chi connectivity index (χ3n) is 2.29. The van der Waals surface area contributed by atoms with Gasteiger partial charge in [0.15, 0.2) is 0 Å². The van der Waals surface area contributed by atoms with Crippen LogP contribution in [0.3, 0.4) is 0 Å². The predicted octanol–water partition coefficient (Wildman–Crippen LogP) is 0.513. The quantitative estimate of drug-likeness (QED) is 0.682. The van der Waals surface area contributed by atoms with Gasteiger partial charge in [-0.25, -0.2) is 0 Å². The average Bonchev–Trinajstić information content (AvgIpc) is 2.14. The fourth-order valence-corrected chi connectivity index (χ4v) is 4.39. The van der Waals surface area contributed by atoms with E-state index < -0.39 is 8.80 Å². The largest absolute Gasteiger partial charge is 0.516 e. The number of ether oxygens (including phenoxy) is 1. The van der Waals surface area contributed by atoms with Crippen LogP contribution in [-0.2, 0) is 18.0 Å². The first-order chi connectivity index (χ1) is 7.47. The molecule has 1 rings (SSSR count). The van der Waals surface area contributed by atoms with Crippen molar-refractivity contribution in [3.63, 3.8) is 0 Å². The van der Waals surface area contributed by atoms with Gasteiger partial charge in [-0.05, 0) is 27.9 Å². The summed E-state index contributed by atoms with van der Waals surface area (Å²) in [5.74, 6) is 0. The Morgan fingerprint density at radius 1 is 1.19 bits per heavy atom. The van der Waals surface area contributed by atoms with Gasteiger partial charge in [0, 0.05) is 7.11 Å². The van der Waals surface area contributed by atoms with Crippen LogP contribution in [0.15, 0.2) is 0 Å². The molecular weight excluding hydrogens is 226 g/mol. The summed E-state index contributed by atoms with van der Waals surface area (Å²) in [7, 11) is 3.06. The molecule has 6 heteroatoms. The highest BCUT2D eigenvalue weighted by atomic mass is 28.4. The van der Waals surface area contributed by atoms with Crippen molar-refractivity contribution in [3.05, 3.63) is 0 Å². The molecule has 1 aliphatic heterocycles. The lowest BCUT2D eigenvalue weighted by Gasteiger charge is -2.36. The highest BCUT2D eigenvalue weighted by Crippen LogP contribution is 2.18. The number of nitrogens with zero attached hydrogens (tertiary/aromatic N) is 1. The summed E-state index contributed by atoms with van der Waals surface area (Å²) >= 11 is 0. The van der Waals surface area contributed by atoms with Crippen LogP contribution in [0.1, 0.15) is 13.8 Å². The third kappa shape index (κ3) is 4.12. The first kappa shape index (κ1) is 14.1. The minimum atomic E-state index is -2.58. The zero-order valence-electron chi connectivity index (χ0n) is 10.9. The van der Waals surface area contributed by atoms with E-state index in [1.165, 1.54) is 0 Å². The molecule has 96 valence electrons. The number of hydrogen-bond acceptors (Lipinski definition) is 5. The van der Waals surface area contributed by atoms with Crippen molar-refractivity contribution in [3.8, 4) is 0 Å². The number of hydrogen-bond donors (Lipinski definition) is 0. The van der Waals surface area contributed by atoms with Crippen molar-refractivity contribution >= 4 is 8.80 Å². The standard InChI is InChI=1S/C10H23NO4Si/c1-9-6-13-7-10(2)15-16(12-5,14-9)8-11(3)4/h9-10H,6-8H2,1-5H3. The smallest absolute Gasteiger partial charge is 0.376 e. The summed E-state index contributed by atoms with van der Waals surface area (Å²) in [5, 5.41) is 0. The topological polar surface area (TPSA) is 40.2 Å². The molecule has 0 aliphatic carbocycles. The molecule has 1 fully saturated rings. The summed E-state index contributed by atoms with van der Waals surface area (Å²) in [6, 6.07) is 0. The van der Waals surface area contributed by atoms with E-state index in [1.807, 2.05) is 32.8 Å². The Hall–Kier alpha value is 0.0169. The molecule has 0 radical (unpaired) electrons. The van der Waals surface area contributed by atoms with Crippen LogP contribution in [0.5, 0.6) is 0 Å². The van der Waals surface area contributed by atoms with E-state index in [0.29, 0.717) is 19.4 Å². The maximum atomic E-state index is 5.94. The van der Waals surface area contributed by atoms with E-state index in [9.17, 15) is 0 Å². The van der Waals surface area contributed by atoms with Crippen molar-refractivity contribution in [1.82, 2.24) is 4.90 Å². The van der Waals surface area contributed by atoms with Gasteiger partial charge in [0.25, 0.3) is 0 Å². The van der Waals surface area contributed by atoms with Crippen LogP contribution in [0.4, 0.5) is 0 Å². The molecule has 5 nitrogen and oxygen atoms in total. The van der Waals surface area contributed by atoms with Gasteiger partial charge in [-0.1, -0.05) is 0 Å². The van der Waals surface area contributed by atoms with Crippen molar-refractivity contribution < 1.29 is 18.0 Å². The summed E-state index contributed by atoms with van der Waals surface area (Å²) < 4.78 is 22.9. The van der Waals surface area contributed by atoms with Gasteiger partial charge in [0.2, 0.25) is 0 Å². The first-order valence-corrected chi connectivity index (χ1v) is 7.54. The van der Waals surface area contributed by atoms with Gasteiger partial charge in [-0.2, -0.15) is 0 Å². The molecule has 2 unspecified atom stereocenters.